The SMILES string of the molecule is COc1ccc(-c2nc(-c3ccccc3)c(CCCC(=O)N3CCN(c4ncccn4)CC3)[nH]2)cc1C. The van der Waals surface area contributed by atoms with Gasteiger partial charge >= 0.3 is 0 Å². The number of rotatable bonds is 8. The van der Waals surface area contributed by atoms with Crippen molar-refractivity contribution in [2.24, 2.45) is 0 Å². The van der Waals surface area contributed by atoms with Crippen molar-refractivity contribution in [3.63, 3.8) is 0 Å². The van der Waals surface area contributed by atoms with Crippen LogP contribution in [0.25, 0.3) is 22.6 Å². The molecule has 190 valence electrons. The van der Waals surface area contributed by atoms with Crippen LogP contribution in [0.5, 0.6) is 5.75 Å². The van der Waals surface area contributed by atoms with Crippen LogP contribution in [0.3, 0.4) is 0 Å². The number of H-pyrrole nitrogens is 1. The monoisotopic (exact) mass is 496 g/mol. The number of methoxy groups -OCH3 is 1. The fraction of sp³-hybridized carbons (Fsp3) is 0.310. The predicted octanol–water partition coefficient (Wildman–Crippen LogP) is 4.52. The molecule has 2 aromatic carbocycles. The first kappa shape index (κ1) is 24.5. The van der Waals surface area contributed by atoms with Crippen molar-refractivity contribution >= 4 is 11.9 Å². The molecule has 0 bridgehead atoms. The number of aryl methyl sites for hydroxylation is 2. The summed E-state index contributed by atoms with van der Waals surface area (Å²) in [5, 5.41) is 0. The molecule has 1 aliphatic heterocycles. The second kappa shape index (κ2) is 11.2. The number of aromatic nitrogens is 4. The number of carbonyl (C=O) groups excluding carboxylic acids is 1. The summed E-state index contributed by atoms with van der Waals surface area (Å²) in [4.78, 5) is 34.2. The van der Waals surface area contributed by atoms with Crippen LogP contribution in [-0.4, -0.2) is 64.0 Å². The second-order valence-corrected chi connectivity index (χ2v) is 9.23. The van der Waals surface area contributed by atoms with Crippen LogP contribution in [0, 0.1) is 6.92 Å². The number of benzene rings is 2. The Morgan fingerprint density at radius 3 is 2.43 bits per heavy atom. The maximum atomic E-state index is 12.9. The van der Waals surface area contributed by atoms with E-state index in [4.69, 9.17) is 9.72 Å². The molecule has 1 saturated heterocycles. The van der Waals surface area contributed by atoms with Gasteiger partial charge in [-0.05, 0) is 49.6 Å². The summed E-state index contributed by atoms with van der Waals surface area (Å²) in [6, 6.07) is 18.1. The smallest absolute Gasteiger partial charge is 0.225 e. The molecule has 3 heterocycles. The Morgan fingerprint density at radius 2 is 1.73 bits per heavy atom. The van der Waals surface area contributed by atoms with Gasteiger partial charge in [-0.2, -0.15) is 0 Å². The third-order valence-corrected chi connectivity index (χ3v) is 6.78. The van der Waals surface area contributed by atoms with Gasteiger partial charge in [-0.1, -0.05) is 30.3 Å². The first-order chi connectivity index (χ1) is 18.1. The fourth-order valence-electron chi connectivity index (χ4n) is 4.77. The quantitative estimate of drug-likeness (QED) is 0.386. The highest BCUT2D eigenvalue weighted by atomic mass is 16.5. The van der Waals surface area contributed by atoms with E-state index in [0.717, 1.165) is 71.5 Å². The Labute approximate surface area is 217 Å². The van der Waals surface area contributed by atoms with Crippen LogP contribution in [0.4, 0.5) is 5.95 Å². The van der Waals surface area contributed by atoms with Crippen LogP contribution >= 0.6 is 0 Å². The maximum Gasteiger partial charge on any atom is 0.225 e. The summed E-state index contributed by atoms with van der Waals surface area (Å²) in [5.74, 6) is 2.60. The van der Waals surface area contributed by atoms with Crippen molar-refractivity contribution in [3.8, 4) is 28.4 Å². The molecule has 4 aromatic rings. The first-order valence-corrected chi connectivity index (χ1v) is 12.7. The van der Waals surface area contributed by atoms with Crippen molar-refractivity contribution in [2.75, 3.05) is 38.2 Å². The number of carbonyl (C=O) groups is 1. The van der Waals surface area contributed by atoms with Crippen molar-refractivity contribution in [3.05, 3.63) is 78.2 Å². The largest absolute Gasteiger partial charge is 0.496 e. The number of nitrogens with zero attached hydrogens (tertiary/aromatic N) is 5. The molecular weight excluding hydrogens is 464 g/mol. The van der Waals surface area contributed by atoms with E-state index in [1.54, 1.807) is 19.5 Å². The Kier molecular flexibility index (Phi) is 7.44. The zero-order chi connectivity index (χ0) is 25.6. The number of imidazole rings is 1. The van der Waals surface area contributed by atoms with Gasteiger partial charge in [0.2, 0.25) is 11.9 Å². The molecule has 5 rings (SSSR count). The third kappa shape index (κ3) is 5.63. The molecule has 1 amide bonds. The molecule has 1 N–H and O–H groups in total. The van der Waals surface area contributed by atoms with Gasteiger partial charge in [0.05, 0.1) is 12.8 Å². The molecule has 2 aromatic heterocycles. The molecule has 8 nitrogen and oxygen atoms in total. The number of amides is 1. The Bertz CT molecular complexity index is 1330. The van der Waals surface area contributed by atoms with Crippen LogP contribution < -0.4 is 9.64 Å². The van der Waals surface area contributed by atoms with E-state index in [2.05, 4.69) is 38.1 Å². The van der Waals surface area contributed by atoms with E-state index >= 15 is 0 Å². The fourth-order valence-corrected chi connectivity index (χ4v) is 4.77. The van der Waals surface area contributed by atoms with Crippen molar-refractivity contribution in [1.29, 1.82) is 0 Å². The maximum absolute atomic E-state index is 12.9. The Balaban J connectivity index is 1.24. The molecule has 0 saturated carbocycles. The number of anilines is 1. The van der Waals surface area contributed by atoms with Gasteiger partial charge in [0.25, 0.3) is 0 Å². The Hall–Kier alpha value is -4.20. The van der Waals surface area contributed by atoms with Crippen LogP contribution in [0.15, 0.2) is 67.0 Å². The van der Waals surface area contributed by atoms with E-state index in [1.807, 2.05) is 48.2 Å². The molecule has 1 fully saturated rings. The highest BCUT2D eigenvalue weighted by Crippen LogP contribution is 2.29. The lowest BCUT2D eigenvalue weighted by molar-refractivity contribution is -0.131. The molecule has 0 aliphatic carbocycles. The van der Waals surface area contributed by atoms with Crippen LogP contribution in [0.2, 0.25) is 0 Å². The predicted molar refractivity (Wildman–Crippen MR) is 145 cm³/mol. The lowest BCUT2D eigenvalue weighted by atomic mass is 10.1. The molecule has 0 unspecified atom stereocenters. The molecule has 0 atom stereocenters. The second-order valence-electron chi connectivity index (χ2n) is 9.23. The van der Waals surface area contributed by atoms with E-state index in [1.165, 1.54) is 0 Å². The average molecular weight is 497 g/mol. The lowest BCUT2D eigenvalue weighted by Crippen LogP contribution is -2.49. The van der Waals surface area contributed by atoms with Crippen molar-refractivity contribution < 1.29 is 9.53 Å². The number of aromatic amines is 1. The van der Waals surface area contributed by atoms with Gasteiger partial charge in [-0.15, -0.1) is 0 Å². The zero-order valence-electron chi connectivity index (χ0n) is 21.4. The molecule has 0 spiro atoms. The number of piperazine rings is 1. The third-order valence-electron chi connectivity index (χ3n) is 6.78. The number of nitrogens with one attached hydrogen (secondary N) is 1. The van der Waals surface area contributed by atoms with Crippen molar-refractivity contribution in [1.82, 2.24) is 24.8 Å². The van der Waals surface area contributed by atoms with Crippen LogP contribution in [-0.2, 0) is 11.2 Å². The first-order valence-electron chi connectivity index (χ1n) is 12.7. The minimum Gasteiger partial charge on any atom is -0.496 e. The van der Waals surface area contributed by atoms with E-state index < -0.39 is 0 Å². The molecule has 8 heteroatoms. The Morgan fingerprint density at radius 1 is 0.973 bits per heavy atom. The highest BCUT2D eigenvalue weighted by molar-refractivity contribution is 5.76. The molecule has 37 heavy (non-hydrogen) atoms. The molecular formula is C29H32N6O2. The zero-order valence-corrected chi connectivity index (χ0v) is 21.4. The molecule has 0 radical (unpaired) electrons. The van der Waals surface area contributed by atoms with E-state index in [-0.39, 0.29) is 5.91 Å². The highest BCUT2D eigenvalue weighted by Gasteiger charge is 2.22. The van der Waals surface area contributed by atoms with E-state index in [0.29, 0.717) is 19.5 Å². The summed E-state index contributed by atoms with van der Waals surface area (Å²) in [5.41, 5.74) is 5.12. The summed E-state index contributed by atoms with van der Waals surface area (Å²) >= 11 is 0. The summed E-state index contributed by atoms with van der Waals surface area (Å²) < 4.78 is 5.41. The van der Waals surface area contributed by atoms with Crippen LogP contribution in [0.1, 0.15) is 24.1 Å². The van der Waals surface area contributed by atoms with Gasteiger partial charge in [-0.25, -0.2) is 15.0 Å². The van der Waals surface area contributed by atoms with Gasteiger partial charge in [0, 0.05) is 61.8 Å². The normalized spacial score (nSPS) is 13.6. The number of ether oxygens (including phenoxy) is 1. The van der Waals surface area contributed by atoms with E-state index in [9.17, 15) is 4.79 Å². The number of hydrogen-bond acceptors (Lipinski definition) is 6. The lowest BCUT2D eigenvalue weighted by Gasteiger charge is -2.34. The van der Waals surface area contributed by atoms with Crippen molar-refractivity contribution in [2.45, 2.75) is 26.2 Å². The standard InChI is InChI=1S/C29H32N6O2/c1-21-20-23(12-13-25(21)37-2)28-32-24(27(33-28)22-8-4-3-5-9-22)10-6-11-26(36)34-16-18-35(19-17-34)29-30-14-7-15-31-29/h3-5,7-9,12-15,20H,6,10-11,16-19H2,1-2H3,(H,32,33). The van der Waals surface area contributed by atoms with Gasteiger partial charge in [0.15, 0.2) is 0 Å². The van der Waals surface area contributed by atoms with Gasteiger partial charge in [0.1, 0.15) is 11.6 Å². The minimum atomic E-state index is 0.195. The van der Waals surface area contributed by atoms with Gasteiger partial charge < -0.3 is 19.5 Å². The summed E-state index contributed by atoms with van der Waals surface area (Å²) in [6.45, 7) is 4.91. The topological polar surface area (TPSA) is 87.2 Å². The molecule has 1 aliphatic rings. The minimum absolute atomic E-state index is 0.195. The average Bonchev–Trinajstić information content (AvgIpc) is 3.38. The number of hydrogen-bond donors (Lipinski definition) is 1. The summed E-state index contributed by atoms with van der Waals surface area (Å²) in [6.07, 6.45) is 5.51. The van der Waals surface area contributed by atoms with Gasteiger partial charge in [-0.3, -0.25) is 4.79 Å². The summed E-state index contributed by atoms with van der Waals surface area (Å²) in [7, 11) is 1.68.